The van der Waals surface area contributed by atoms with E-state index >= 15 is 0 Å². The van der Waals surface area contributed by atoms with Crippen LogP contribution in [0.2, 0.25) is 0 Å². The molecule has 12 heavy (non-hydrogen) atoms. The molecular weight excluding hydrogens is 148 g/mol. The van der Waals surface area contributed by atoms with E-state index in [1.54, 1.807) is 0 Å². The molecule has 0 aromatic rings. The fourth-order valence-electron chi connectivity index (χ4n) is 3.74. The molecule has 0 amide bonds. The summed E-state index contributed by atoms with van der Waals surface area (Å²) in [6.45, 7) is 1.93. The number of fused-ring (bicyclic) bond motifs is 5. The van der Waals surface area contributed by atoms with Crippen LogP contribution in [0.4, 0.5) is 0 Å². The van der Waals surface area contributed by atoms with Crippen molar-refractivity contribution in [2.24, 2.45) is 23.2 Å². The summed E-state index contributed by atoms with van der Waals surface area (Å²) in [5.74, 6) is 2.65. The van der Waals surface area contributed by atoms with Crippen molar-refractivity contribution in [3.05, 3.63) is 12.2 Å². The SMILES string of the molecule is CC(O)CC12CC1C1C=CC2C1. The molecule has 2 bridgehead atoms. The third-order valence-electron chi connectivity index (χ3n) is 4.23. The van der Waals surface area contributed by atoms with Crippen molar-refractivity contribution < 1.29 is 5.11 Å². The average Bonchev–Trinajstić information content (AvgIpc) is 2.48. The molecule has 1 heteroatoms. The molecule has 0 aliphatic heterocycles. The first-order chi connectivity index (χ1) is 5.72. The number of rotatable bonds is 2. The van der Waals surface area contributed by atoms with E-state index in [2.05, 4.69) is 12.2 Å². The number of aliphatic hydroxyl groups is 1. The monoisotopic (exact) mass is 164 g/mol. The van der Waals surface area contributed by atoms with Gasteiger partial charge in [-0.1, -0.05) is 12.2 Å². The van der Waals surface area contributed by atoms with Crippen LogP contribution >= 0.6 is 0 Å². The minimum absolute atomic E-state index is 0.0947. The van der Waals surface area contributed by atoms with Crippen LogP contribution in [-0.2, 0) is 0 Å². The third-order valence-corrected chi connectivity index (χ3v) is 4.23. The van der Waals surface area contributed by atoms with Crippen molar-refractivity contribution in [1.82, 2.24) is 0 Å². The van der Waals surface area contributed by atoms with Crippen molar-refractivity contribution in [1.29, 1.82) is 0 Å². The zero-order chi connectivity index (χ0) is 8.34. The molecule has 3 aliphatic rings. The van der Waals surface area contributed by atoms with E-state index in [0.29, 0.717) is 5.41 Å². The molecule has 0 saturated heterocycles. The van der Waals surface area contributed by atoms with E-state index < -0.39 is 0 Å². The lowest BCUT2D eigenvalue weighted by molar-refractivity contribution is 0.140. The van der Waals surface area contributed by atoms with Crippen LogP contribution in [0.15, 0.2) is 12.2 Å². The first-order valence-corrected chi connectivity index (χ1v) is 5.09. The Bertz CT molecular complexity index is 243. The summed E-state index contributed by atoms with van der Waals surface area (Å²) < 4.78 is 0. The second-order valence-corrected chi connectivity index (χ2v) is 4.99. The van der Waals surface area contributed by atoms with Gasteiger partial charge in [0.15, 0.2) is 0 Å². The Labute approximate surface area is 73.5 Å². The predicted molar refractivity (Wildman–Crippen MR) is 47.6 cm³/mol. The standard InChI is InChI=1S/C11H16O/c1-7(12)5-11-6-10(11)8-2-3-9(11)4-8/h2-3,7-10,12H,4-6H2,1H3. The number of hydrogen-bond donors (Lipinski definition) is 1. The first-order valence-electron chi connectivity index (χ1n) is 5.09. The van der Waals surface area contributed by atoms with Crippen LogP contribution in [0, 0.1) is 23.2 Å². The molecule has 2 saturated carbocycles. The van der Waals surface area contributed by atoms with Crippen LogP contribution in [0.5, 0.6) is 0 Å². The first kappa shape index (κ1) is 7.14. The molecule has 3 aliphatic carbocycles. The van der Waals surface area contributed by atoms with Crippen molar-refractivity contribution in [2.75, 3.05) is 0 Å². The molecule has 5 atom stereocenters. The zero-order valence-corrected chi connectivity index (χ0v) is 7.53. The summed E-state index contributed by atoms with van der Waals surface area (Å²) >= 11 is 0. The summed E-state index contributed by atoms with van der Waals surface area (Å²) in [5, 5.41) is 9.41. The van der Waals surface area contributed by atoms with Gasteiger partial charge in [-0.25, -0.2) is 0 Å². The maximum Gasteiger partial charge on any atom is 0.0517 e. The Morgan fingerprint density at radius 3 is 3.00 bits per heavy atom. The van der Waals surface area contributed by atoms with Gasteiger partial charge in [0.1, 0.15) is 0 Å². The van der Waals surface area contributed by atoms with Crippen LogP contribution in [0.3, 0.4) is 0 Å². The second-order valence-electron chi connectivity index (χ2n) is 4.99. The maximum atomic E-state index is 9.41. The van der Waals surface area contributed by atoms with E-state index in [1.807, 2.05) is 6.92 Å². The zero-order valence-electron chi connectivity index (χ0n) is 7.53. The highest BCUT2D eigenvalue weighted by Gasteiger charge is 2.66. The smallest absolute Gasteiger partial charge is 0.0517 e. The number of allylic oxidation sites excluding steroid dienone is 2. The molecule has 66 valence electrons. The Kier molecular flexibility index (Phi) is 1.16. The molecule has 5 unspecified atom stereocenters. The van der Waals surface area contributed by atoms with Crippen LogP contribution in [0.1, 0.15) is 26.2 Å². The van der Waals surface area contributed by atoms with E-state index in [0.717, 1.165) is 24.2 Å². The highest BCUT2D eigenvalue weighted by molar-refractivity contribution is 5.27. The summed E-state index contributed by atoms with van der Waals surface area (Å²) in [4.78, 5) is 0. The normalized spacial score (nSPS) is 55.7. The van der Waals surface area contributed by atoms with Gasteiger partial charge < -0.3 is 5.11 Å². The lowest BCUT2D eigenvalue weighted by atomic mass is 9.85. The van der Waals surface area contributed by atoms with Crippen molar-refractivity contribution in [3.8, 4) is 0 Å². The summed E-state index contributed by atoms with van der Waals surface area (Å²) in [6, 6.07) is 0. The van der Waals surface area contributed by atoms with Gasteiger partial charge >= 0.3 is 0 Å². The van der Waals surface area contributed by atoms with Crippen molar-refractivity contribution in [2.45, 2.75) is 32.3 Å². The maximum absolute atomic E-state index is 9.41. The van der Waals surface area contributed by atoms with E-state index in [4.69, 9.17) is 0 Å². The lowest BCUT2D eigenvalue weighted by Gasteiger charge is -2.21. The Morgan fingerprint density at radius 2 is 2.42 bits per heavy atom. The van der Waals surface area contributed by atoms with Gasteiger partial charge in [0.25, 0.3) is 0 Å². The molecule has 0 aromatic carbocycles. The largest absolute Gasteiger partial charge is 0.393 e. The average molecular weight is 164 g/mol. The molecule has 0 heterocycles. The lowest BCUT2D eigenvalue weighted by Crippen LogP contribution is -2.17. The van der Waals surface area contributed by atoms with Gasteiger partial charge in [0.05, 0.1) is 6.10 Å². The Balaban J connectivity index is 1.83. The predicted octanol–water partition coefficient (Wildman–Crippen LogP) is 1.97. The Morgan fingerprint density at radius 1 is 1.58 bits per heavy atom. The summed E-state index contributed by atoms with van der Waals surface area (Å²) in [5.41, 5.74) is 0.563. The molecule has 0 aromatic heterocycles. The van der Waals surface area contributed by atoms with Gasteiger partial charge in [0.2, 0.25) is 0 Å². The molecular formula is C11H16O. The van der Waals surface area contributed by atoms with Crippen molar-refractivity contribution in [3.63, 3.8) is 0 Å². The van der Waals surface area contributed by atoms with Crippen LogP contribution in [0.25, 0.3) is 0 Å². The van der Waals surface area contributed by atoms with Gasteiger partial charge in [-0.05, 0) is 49.4 Å². The van der Waals surface area contributed by atoms with Gasteiger partial charge in [-0.15, -0.1) is 0 Å². The highest BCUT2D eigenvalue weighted by Crippen LogP contribution is 2.73. The molecule has 2 fully saturated rings. The highest BCUT2D eigenvalue weighted by atomic mass is 16.3. The number of aliphatic hydroxyl groups excluding tert-OH is 1. The minimum atomic E-state index is -0.0947. The molecule has 0 spiro atoms. The summed E-state index contributed by atoms with van der Waals surface area (Å²) in [7, 11) is 0. The molecule has 1 nitrogen and oxygen atoms in total. The molecule has 0 radical (unpaired) electrons. The third kappa shape index (κ3) is 0.687. The Hall–Kier alpha value is -0.300. The minimum Gasteiger partial charge on any atom is -0.393 e. The van der Waals surface area contributed by atoms with E-state index in [-0.39, 0.29) is 6.10 Å². The summed E-state index contributed by atoms with van der Waals surface area (Å²) in [6.07, 6.45) is 8.53. The van der Waals surface area contributed by atoms with Crippen LogP contribution < -0.4 is 0 Å². The fourth-order valence-corrected chi connectivity index (χ4v) is 3.74. The number of hydrogen-bond acceptors (Lipinski definition) is 1. The van der Waals surface area contributed by atoms with Crippen LogP contribution in [-0.4, -0.2) is 11.2 Å². The van der Waals surface area contributed by atoms with Gasteiger partial charge in [-0.3, -0.25) is 0 Å². The van der Waals surface area contributed by atoms with Crippen molar-refractivity contribution >= 4 is 0 Å². The van der Waals surface area contributed by atoms with E-state index in [9.17, 15) is 5.11 Å². The van der Waals surface area contributed by atoms with Gasteiger partial charge in [0, 0.05) is 0 Å². The molecule has 1 N–H and O–H groups in total. The fraction of sp³-hybridized carbons (Fsp3) is 0.818. The quantitative estimate of drug-likeness (QED) is 0.619. The second kappa shape index (κ2) is 1.95. The molecule has 3 rings (SSSR count). The van der Waals surface area contributed by atoms with Gasteiger partial charge in [-0.2, -0.15) is 0 Å². The van der Waals surface area contributed by atoms with E-state index in [1.165, 1.54) is 12.8 Å². The topological polar surface area (TPSA) is 20.2 Å².